The van der Waals surface area contributed by atoms with Crippen LogP contribution in [0.5, 0.6) is 0 Å². The molecule has 0 fully saturated rings. The Bertz CT molecular complexity index is 1180. The average Bonchev–Trinajstić information content (AvgIpc) is 2.73. The van der Waals surface area contributed by atoms with Crippen molar-refractivity contribution in [1.82, 2.24) is 0 Å². The molecule has 2 aromatic rings. The average molecular weight is 453 g/mol. The number of sulfone groups is 1. The fraction of sp³-hybridized carbons (Fsp3) is 0.370. The van der Waals surface area contributed by atoms with Crippen LogP contribution in [0, 0.1) is 0 Å². The van der Waals surface area contributed by atoms with Crippen LogP contribution in [0.4, 0.5) is 0 Å². The number of rotatable bonds is 5. The molecule has 0 saturated heterocycles. The van der Waals surface area contributed by atoms with Crippen molar-refractivity contribution in [1.29, 1.82) is 0 Å². The maximum atomic E-state index is 11.8. The number of carbonyl (C=O) groups is 1. The molecule has 4 nitrogen and oxygen atoms in total. The minimum Gasteiger partial charge on any atom is -0.465 e. The van der Waals surface area contributed by atoms with Crippen molar-refractivity contribution in [3.63, 3.8) is 0 Å². The highest BCUT2D eigenvalue weighted by molar-refractivity contribution is 7.93. The van der Waals surface area contributed by atoms with E-state index in [9.17, 15) is 13.2 Å². The molecule has 0 saturated carbocycles. The summed E-state index contributed by atoms with van der Waals surface area (Å²) in [6, 6.07) is 11.5. The van der Waals surface area contributed by atoms with Gasteiger partial charge in [-0.3, -0.25) is 0 Å². The third-order valence-electron chi connectivity index (χ3n) is 6.34. The third kappa shape index (κ3) is 5.39. The van der Waals surface area contributed by atoms with E-state index < -0.39 is 9.84 Å². The smallest absolute Gasteiger partial charge is 0.337 e. The Kier molecular flexibility index (Phi) is 6.52. The first kappa shape index (κ1) is 24.0. The van der Waals surface area contributed by atoms with Crippen LogP contribution in [0.3, 0.4) is 0 Å². The molecule has 0 aromatic heterocycles. The predicted molar refractivity (Wildman–Crippen MR) is 132 cm³/mol. The Morgan fingerprint density at radius 3 is 1.84 bits per heavy atom. The van der Waals surface area contributed by atoms with Crippen LogP contribution in [-0.2, 0) is 25.4 Å². The first-order valence-electron chi connectivity index (χ1n) is 10.8. The van der Waals surface area contributed by atoms with Crippen molar-refractivity contribution in [2.75, 3.05) is 13.4 Å². The number of ether oxygens (including phenoxy) is 1. The molecule has 0 spiro atoms. The quantitative estimate of drug-likeness (QED) is 0.412. The Labute approximate surface area is 191 Å². The van der Waals surface area contributed by atoms with Crippen molar-refractivity contribution in [2.24, 2.45) is 0 Å². The zero-order chi connectivity index (χ0) is 23.7. The van der Waals surface area contributed by atoms with Gasteiger partial charge in [0.1, 0.15) is 0 Å². The van der Waals surface area contributed by atoms with Gasteiger partial charge in [-0.15, -0.1) is 0 Å². The fourth-order valence-electron chi connectivity index (χ4n) is 4.17. The maximum Gasteiger partial charge on any atom is 0.337 e. The largest absolute Gasteiger partial charge is 0.465 e. The van der Waals surface area contributed by atoms with Gasteiger partial charge in [0.15, 0.2) is 9.84 Å². The van der Waals surface area contributed by atoms with Gasteiger partial charge in [0.2, 0.25) is 0 Å². The molecule has 1 aliphatic carbocycles. The first-order chi connectivity index (χ1) is 14.8. The van der Waals surface area contributed by atoms with Crippen LogP contribution in [0.25, 0.3) is 18.2 Å². The van der Waals surface area contributed by atoms with Crippen molar-refractivity contribution in [2.45, 2.75) is 51.4 Å². The topological polar surface area (TPSA) is 60.4 Å². The van der Waals surface area contributed by atoms with Gasteiger partial charge in [0.25, 0.3) is 0 Å². The van der Waals surface area contributed by atoms with E-state index >= 15 is 0 Å². The van der Waals surface area contributed by atoms with Gasteiger partial charge in [-0.25, -0.2) is 13.2 Å². The maximum absolute atomic E-state index is 11.8. The predicted octanol–water partition coefficient (Wildman–Crippen LogP) is 6.01. The van der Waals surface area contributed by atoms with Crippen molar-refractivity contribution >= 4 is 34.0 Å². The van der Waals surface area contributed by atoms with E-state index in [1.807, 2.05) is 24.3 Å². The lowest BCUT2D eigenvalue weighted by Gasteiger charge is -2.42. The van der Waals surface area contributed by atoms with Gasteiger partial charge < -0.3 is 4.74 Å². The highest BCUT2D eigenvalue weighted by Gasteiger charge is 2.37. The van der Waals surface area contributed by atoms with E-state index in [-0.39, 0.29) is 16.8 Å². The number of hydrogen-bond acceptors (Lipinski definition) is 4. The number of benzene rings is 2. The zero-order valence-corrected chi connectivity index (χ0v) is 20.5. The monoisotopic (exact) mass is 452 g/mol. The van der Waals surface area contributed by atoms with E-state index in [0.29, 0.717) is 5.56 Å². The molecule has 0 atom stereocenters. The Balaban J connectivity index is 2.10. The van der Waals surface area contributed by atoms with Crippen LogP contribution in [0.15, 0.2) is 41.8 Å². The number of esters is 1. The minimum absolute atomic E-state index is 0.0322. The summed E-state index contributed by atoms with van der Waals surface area (Å²) in [6.07, 6.45) is 9.06. The lowest BCUT2D eigenvalue weighted by atomic mass is 9.62. The van der Waals surface area contributed by atoms with E-state index in [1.54, 1.807) is 18.2 Å². The molecule has 0 amide bonds. The highest BCUT2D eigenvalue weighted by atomic mass is 32.2. The van der Waals surface area contributed by atoms with E-state index in [1.165, 1.54) is 29.9 Å². The summed E-state index contributed by atoms with van der Waals surface area (Å²) in [5, 5.41) is 1.26. The third-order valence-corrected chi connectivity index (χ3v) is 6.97. The lowest BCUT2D eigenvalue weighted by Crippen LogP contribution is -2.34. The molecular weight excluding hydrogens is 420 g/mol. The van der Waals surface area contributed by atoms with Gasteiger partial charge in [0, 0.05) is 11.7 Å². The van der Waals surface area contributed by atoms with Gasteiger partial charge in [0.05, 0.1) is 12.7 Å². The first-order valence-corrected chi connectivity index (χ1v) is 12.7. The summed E-state index contributed by atoms with van der Waals surface area (Å²) < 4.78 is 28.3. The van der Waals surface area contributed by atoms with Crippen LogP contribution in [0.2, 0.25) is 0 Å². The normalized spacial score (nSPS) is 17.4. The summed E-state index contributed by atoms with van der Waals surface area (Å²) >= 11 is 0. The zero-order valence-electron chi connectivity index (χ0n) is 19.7. The van der Waals surface area contributed by atoms with Gasteiger partial charge in [-0.2, -0.15) is 0 Å². The van der Waals surface area contributed by atoms with Crippen molar-refractivity contribution < 1.29 is 17.9 Å². The molecule has 0 heterocycles. The SMILES string of the molecule is COC(=O)c1ccc(C=Cc2cc3c(cc2C=CS(C)(=O)=O)C(C)(C)CCC3(C)C)cc1. The van der Waals surface area contributed by atoms with Gasteiger partial charge in [-0.1, -0.05) is 64.1 Å². The van der Waals surface area contributed by atoms with Crippen molar-refractivity contribution in [3.05, 3.63) is 75.2 Å². The lowest BCUT2D eigenvalue weighted by molar-refractivity contribution is 0.0600. The highest BCUT2D eigenvalue weighted by Crippen LogP contribution is 2.46. The van der Waals surface area contributed by atoms with Gasteiger partial charge in [-0.05, 0) is 69.7 Å². The number of hydrogen-bond donors (Lipinski definition) is 0. The second kappa shape index (κ2) is 8.70. The number of fused-ring (bicyclic) bond motifs is 1. The molecule has 1 aliphatic rings. The van der Waals surface area contributed by atoms with Crippen LogP contribution in [-0.4, -0.2) is 27.8 Å². The van der Waals surface area contributed by atoms with E-state index in [4.69, 9.17) is 4.74 Å². The molecule has 32 heavy (non-hydrogen) atoms. The minimum atomic E-state index is -3.24. The summed E-state index contributed by atoms with van der Waals surface area (Å²) in [5.74, 6) is -0.367. The molecule has 0 aliphatic heterocycles. The standard InChI is InChI=1S/C27H32O4S/c1-26(2)14-15-27(3,4)24-18-22(13-16-32(6,29)30)21(17-23(24)26)12-9-19-7-10-20(11-8-19)25(28)31-5/h7-13,16-18H,14-15H2,1-6H3. The number of methoxy groups -OCH3 is 1. The Hall–Kier alpha value is -2.66. The van der Waals surface area contributed by atoms with Gasteiger partial charge >= 0.3 is 5.97 Å². The summed E-state index contributed by atoms with van der Waals surface area (Å²) in [7, 11) is -1.88. The molecular formula is C27H32O4S. The Morgan fingerprint density at radius 1 is 0.875 bits per heavy atom. The summed E-state index contributed by atoms with van der Waals surface area (Å²) in [6.45, 7) is 9.05. The summed E-state index contributed by atoms with van der Waals surface area (Å²) in [4.78, 5) is 11.7. The molecule has 3 rings (SSSR count). The van der Waals surface area contributed by atoms with Crippen molar-refractivity contribution in [3.8, 4) is 0 Å². The second-order valence-electron chi connectivity index (χ2n) is 9.87. The molecule has 0 bridgehead atoms. The van der Waals surface area contributed by atoms with E-state index in [0.717, 1.165) is 29.5 Å². The van der Waals surface area contributed by atoms with Crippen LogP contribution in [0.1, 0.15) is 78.7 Å². The molecule has 170 valence electrons. The molecule has 5 heteroatoms. The Morgan fingerprint density at radius 2 is 1.38 bits per heavy atom. The molecule has 0 radical (unpaired) electrons. The molecule has 0 N–H and O–H groups in total. The molecule has 0 unspecified atom stereocenters. The van der Waals surface area contributed by atoms with E-state index in [2.05, 4.69) is 39.8 Å². The second-order valence-corrected chi connectivity index (χ2v) is 11.8. The molecule has 2 aromatic carbocycles. The fourth-order valence-corrected chi connectivity index (χ4v) is 4.56. The summed E-state index contributed by atoms with van der Waals surface area (Å²) in [5.41, 5.74) is 5.95. The van der Waals surface area contributed by atoms with Crippen LogP contribution >= 0.6 is 0 Å². The van der Waals surface area contributed by atoms with Crippen LogP contribution < -0.4 is 0 Å². The number of carbonyl (C=O) groups excluding carboxylic acids is 1.